The van der Waals surface area contributed by atoms with E-state index in [0.717, 1.165) is 28.8 Å². The molecule has 24 heavy (non-hydrogen) atoms. The van der Waals surface area contributed by atoms with Gasteiger partial charge in [-0.25, -0.2) is 0 Å². The van der Waals surface area contributed by atoms with Crippen LogP contribution in [-0.2, 0) is 6.54 Å². The number of benzene rings is 2. The Morgan fingerprint density at radius 2 is 1.92 bits per heavy atom. The molecule has 3 aromatic rings. The van der Waals surface area contributed by atoms with Gasteiger partial charge in [0.1, 0.15) is 5.75 Å². The number of aromatic nitrogens is 1. The van der Waals surface area contributed by atoms with E-state index in [1.165, 1.54) is 0 Å². The molecule has 0 unspecified atom stereocenters. The first-order valence-corrected chi connectivity index (χ1v) is 8.01. The highest BCUT2D eigenvalue weighted by Gasteiger charge is 2.18. The average molecular weight is 324 g/mol. The molecule has 0 aliphatic carbocycles. The summed E-state index contributed by atoms with van der Waals surface area (Å²) in [7, 11) is 0. The van der Waals surface area contributed by atoms with E-state index in [9.17, 15) is 10.0 Å². The lowest BCUT2D eigenvalue weighted by molar-refractivity contribution is 0.317. The van der Waals surface area contributed by atoms with Gasteiger partial charge in [0.25, 0.3) is 0 Å². The second kappa shape index (κ2) is 6.74. The Hall–Kier alpha value is -2.82. The summed E-state index contributed by atoms with van der Waals surface area (Å²) in [6.07, 6.45) is 0.964. The molecular formula is C19H20N2O3. The van der Waals surface area contributed by atoms with Crippen molar-refractivity contribution < 1.29 is 9.84 Å². The molecule has 5 nitrogen and oxygen atoms in total. The van der Waals surface area contributed by atoms with E-state index in [4.69, 9.17) is 4.74 Å². The van der Waals surface area contributed by atoms with Gasteiger partial charge < -0.3 is 14.4 Å². The molecule has 0 bridgehead atoms. The van der Waals surface area contributed by atoms with Gasteiger partial charge in [0, 0.05) is 5.39 Å². The van der Waals surface area contributed by atoms with Crippen LogP contribution in [0.5, 0.6) is 11.6 Å². The summed E-state index contributed by atoms with van der Waals surface area (Å²) in [6, 6.07) is 13.4. The zero-order valence-electron chi connectivity index (χ0n) is 13.8. The van der Waals surface area contributed by atoms with Crippen LogP contribution in [0.15, 0.2) is 47.6 Å². The van der Waals surface area contributed by atoms with E-state index in [2.05, 4.69) is 12.1 Å². The minimum Gasteiger partial charge on any atom is -0.494 e. The number of aryl methyl sites for hydroxylation is 1. The fraction of sp³-hybridized carbons (Fsp3) is 0.263. The first-order valence-electron chi connectivity index (χ1n) is 8.01. The van der Waals surface area contributed by atoms with Crippen LogP contribution in [0.4, 0.5) is 5.69 Å². The number of para-hydroxylation sites is 1. The second-order valence-electron chi connectivity index (χ2n) is 5.81. The maximum Gasteiger partial charge on any atom is 0.222 e. The zero-order valence-corrected chi connectivity index (χ0v) is 13.8. The van der Waals surface area contributed by atoms with Crippen LogP contribution >= 0.6 is 0 Å². The van der Waals surface area contributed by atoms with Crippen molar-refractivity contribution in [2.45, 2.75) is 26.8 Å². The van der Waals surface area contributed by atoms with Crippen molar-refractivity contribution in [3.8, 4) is 11.6 Å². The zero-order chi connectivity index (χ0) is 17.1. The lowest BCUT2D eigenvalue weighted by Gasteiger charge is -2.10. The largest absolute Gasteiger partial charge is 0.494 e. The predicted octanol–water partition coefficient (Wildman–Crippen LogP) is 4.89. The molecule has 3 rings (SSSR count). The molecule has 0 aliphatic rings. The fourth-order valence-electron chi connectivity index (χ4n) is 2.90. The highest BCUT2D eigenvalue weighted by atomic mass is 16.5. The number of hydrogen-bond donors (Lipinski definition) is 1. The summed E-state index contributed by atoms with van der Waals surface area (Å²) in [5, 5.41) is 14.1. The van der Waals surface area contributed by atoms with E-state index in [1.54, 1.807) is 10.6 Å². The molecule has 0 fully saturated rings. The highest BCUT2D eigenvalue weighted by Crippen LogP contribution is 2.40. The molecule has 0 atom stereocenters. The summed E-state index contributed by atoms with van der Waals surface area (Å²) in [6.45, 7) is 5.16. The molecule has 1 N–H and O–H groups in total. The number of fused-ring (bicyclic) bond motifs is 1. The summed E-state index contributed by atoms with van der Waals surface area (Å²) in [4.78, 5) is 11.1. The molecule has 1 aromatic heterocycles. The van der Waals surface area contributed by atoms with Crippen LogP contribution < -0.4 is 4.74 Å². The topological polar surface area (TPSA) is 63.8 Å². The van der Waals surface area contributed by atoms with Crippen molar-refractivity contribution >= 4 is 16.6 Å². The monoisotopic (exact) mass is 324 g/mol. The van der Waals surface area contributed by atoms with Crippen LogP contribution in [0.3, 0.4) is 0 Å². The number of hydrogen-bond acceptors (Lipinski definition) is 4. The maximum atomic E-state index is 11.1. The van der Waals surface area contributed by atoms with Gasteiger partial charge in [0.15, 0.2) is 5.69 Å². The van der Waals surface area contributed by atoms with E-state index in [1.807, 2.05) is 43.3 Å². The second-order valence-corrected chi connectivity index (χ2v) is 5.81. The third kappa shape index (κ3) is 2.85. The molecule has 124 valence electrons. The van der Waals surface area contributed by atoms with Gasteiger partial charge in [-0.2, -0.15) is 0 Å². The first kappa shape index (κ1) is 16.1. The van der Waals surface area contributed by atoms with Gasteiger partial charge in [0.2, 0.25) is 5.88 Å². The van der Waals surface area contributed by atoms with Crippen molar-refractivity contribution in [1.82, 2.24) is 4.57 Å². The van der Waals surface area contributed by atoms with Crippen molar-refractivity contribution in [3.05, 3.63) is 58.5 Å². The molecule has 2 aromatic carbocycles. The number of ether oxygens (including phenoxy) is 1. The van der Waals surface area contributed by atoms with Gasteiger partial charge in [-0.05, 0) is 41.8 Å². The molecule has 0 radical (unpaired) electrons. The minimum absolute atomic E-state index is 0.0941. The Morgan fingerprint density at radius 3 is 2.58 bits per heavy atom. The van der Waals surface area contributed by atoms with Gasteiger partial charge in [-0.15, -0.1) is 4.91 Å². The number of nitroso groups, excluding NO2 is 1. The minimum atomic E-state index is -0.0967. The summed E-state index contributed by atoms with van der Waals surface area (Å²) >= 11 is 0. The van der Waals surface area contributed by atoms with Gasteiger partial charge in [-0.3, -0.25) is 0 Å². The smallest absolute Gasteiger partial charge is 0.222 e. The SMILES string of the molecule is CCCOc1ccc(Cn2c(O)c(N=O)c3cccc(C)c32)cc1. The number of rotatable bonds is 6. The Bertz CT molecular complexity index is 866. The highest BCUT2D eigenvalue weighted by molar-refractivity contribution is 5.96. The number of nitrogens with zero attached hydrogens (tertiary/aromatic N) is 2. The van der Waals surface area contributed by atoms with E-state index >= 15 is 0 Å². The van der Waals surface area contributed by atoms with Gasteiger partial charge in [-0.1, -0.05) is 37.3 Å². The standard InChI is InChI=1S/C19H20N2O3/c1-3-11-24-15-9-7-14(8-10-15)12-21-18-13(2)5-4-6-16(18)17(20-23)19(21)22/h4-10,22H,3,11-12H2,1-2H3. The average Bonchev–Trinajstić information content (AvgIpc) is 2.87. The normalized spacial score (nSPS) is 10.9. The Morgan fingerprint density at radius 1 is 1.17 bits per heavy atom. The summed E-state index contributed by atoms with van der Waals surface area (Å²) < 4.78 is 7.31. The third-order valence-corrected chi connectivity index (χ3v) is 4.06. The number of aromatic hydroxyl groups is 1. The van der Waals surface area contributed by atoms with Crippen LogP contribution in [-0.4, -0.2) is 16.3 Å². The summed E-state index contributed by atoms with van der Waals surface area (Å²) in [5.74, 6) is 0.731. The van der Waals surface area contributed by atoms with Crippen molar-refractivity contribution in [2.75, 3.05) is 6.61 Å². The van der Waals surface area contributed by atoms with Gasteiger partial charge in [0.05, 0.1) is 18.7 Å². The molecule has 1 heterocycles. The Balaban J connectivity index is 1.98. The Kier molecular flexibility index (Phi) is 4.51. The van der Waals surface area contributed by atoms with E-state index < -0.39 is 0 Å². The van der Waals surface area contributed by atoms with Crippen molar-refractivity contribution in [2.24, 2.45) is 5.18 Å². The molecule has 5 heteroatoms. The molecule has 0 amide bonds. The molecule has 0 saturated carbocycles. The molecule has 0 aliphatic heterocycles. The lowest BCUT2D eigenvalue weighted by atomic mass is 10.1. The van der Waals surface area contributed by atoms with Gasteiger partial charge >= 0.3 is 0 Å². The summed E-state index contributed by atoms with van der Waals surface area (Å²) in [5.41, 5.74) is 2.92. The van der Waals surface area contributed by atoms with Crippen molar-refractivity contribution in [3.63, 3.8) is 0 Å². The predicted molar refractivity (Wildman–Crippen MR) is 95.1 cm³/mol. The van der Waals surface area contributed by atoms with Crippen molar-refractivity contribution in [1.29, 1.82) is 0 Å². The van der Waals surface area contributed by atoms with Crippen LogP contribution in [0.25, 0.3) is 10.9 Å². The third-order valence-electron chi connectivity index (χ3n) is 4.06. The quantitative estimate of drug-likeness (QED) is 0.657. The maximum absolute atomic E-state index is 11.1. The van der Waals surface area contributed by atoms with E-state index in [-0.39, 0.29) is 11.6 Å². The van der Waals surface area contributed by atoms with Crippen LogP contribution in [0.1, 0.15) is 24.5 Å². The molecule has 0 spiro atoms. The van der Waals surface area contributed by atoms with Crippen LogP contribution in [0, 0.1) is 11.8 Å². The lowest BCUT2D eigenvalue weighted by Crippen LogP contribution is -2.00. The Labute approximate surface area is 140 Å². The van der Waals surface area contributed by atoms with Crippen LogP contribution in [0.2, 0.25) is 0 Å². The molecular weight excluding hydrogens is 304 g/mol. The van der Waals surface area contributed by atoms with E-state index in [0.29, 0.717) is 18.5 Å². The fourth-order valence-corrected chi connectivity index (χ4v) is 2.90. The first-order chi connectivity index (χ1) is 11.7. The molecule has 0 saturated heterocycles.